The Hall–Kier alpha value is -1.61. The predicted molar refractivity (Wildman–Crippen MR) is 103 cm³/mol. The van der Waals surface area contributed by atoms with Crippen LogP contribution in [0.15, 0.2) is 53.4 Å². The summed E-state index contributed by atoms with van der Waals surface area (Å²) in [7, 11) is 1.43. The molecule has 1 saturated heterocycles. The molecular weight excluding hydrogens is 366 g/mol. The second-order valence-corrected chi connectivity index (χ2v) is 7.71. The Bertz CT molecular complexity index is 750. The third-order valence-electron chi connectivity index (χ3n) is 4.61. The van der Waals surface area contributed by atoms with Gasteiger partial charge in [-0.25, -0.2) is 14.0 Å². The van der Waals surface area contributed by atoms with Gasteiger partial charge in [-0.1, -0.05) is 42.0 Å². The van der Waals surface area contributed by atoms with E-state index in [1.807, 2.05) is 24.3 Å². The summed E-state index contributed by atoms with van der Waals surface area (Å²) >= 11 is -1.64. The van der Waals surface area contributed by atoms with Crippen molar-refractivity contribution in [1.82, 2.24) is 5.06 Å². The van der Waals surface area contributed by atoms with Gasteiger partial charge in [0.15, 0.2) is 0 Å². The zero-order chi connectivity index (χ0) is 19.2. The fourth-order valence-corrected chi connectivity index (χ4v) is 3.85. The standard InChI is InChI=1S/C20H25NO5S/c1-15-3-5-16(6-4-15)17-7-9-20(10-8-17)27(23)26-21-12-11-19(22)13-18(21)14-25-24-2/h3-10,18-19,22H,11-14H2,1-2H3. The van der Waals surface area contributed by atoms with Crippen molar-refractivity contribution < 1.29 is 23.4 Å². The van der Waals surface area contributed by atoms with Crippen molar-refractivity contribution in [2.75, 3.05) is 20.3 Å². The number of piperidine rings is 1. The number of hydroxylamine groups is 2. The summed E-state index contributed by atoms with van der Waals surface area (Å²) in [4.78, 5) is 10.2. The summed E-state index contributed by atoms with van der Waals surface area (Å²) in [5.41, 5.74) is 3.38. The van der Waals surface area contributed by atoms with E-state index in [1.54, 1.807) is 5.06 Å². The lowest BCUT2D eigenvalue weighted by molar-refractivity contribution is -0.293. The van der Waals surface area contributed by atoms with Gasteiger partial charge in [0.2, 0.25) is 11.1 Å². The van der Waals surface area contributed by atoms with Crippen molar-refractivity contribution in [1.29, 1.82) is 0 Å². The molecule has 6 nitrogen and oxygen atoms in total. The minimum atomic E-state index is -1.64. The number of hydrogen-bond donors (Lipinski definition) is 1. The van der Waals surface area contributed by atoms with Crippen molar-refractivity contribution in [3.05, 3.63) is 54.1 Å². The highest BCUT2D eigenvalue weighted by Gasteiger charge is 2.30. The van der Waals surface area contributed by atoms with E-state index in [0.29, 0.717) is 24.3 Å². The van der Waals surface area contributed by atoms with E-state index in [-0.39, 0.29) is 12.6 Å². The molecule has 146 valence electrons. The molecule has 2 aromatic rings. The zero-order valence-corrected chi connectivity index (χ0v) is 16.4. The first-order chi connectivity index (χ1) is 13.1. The maximum atomic E-state index is 12.6. The molecule has 0 amide bonds. The van der Waals surface area contributed by atoms with Crippen LogP contribution in [-0.2, 0) is 25.1 Å². The van der Waals surface area contributed by atoms with E-state index in [1.165, 1.54) is 12.7 Å². The molecule has 3 atom stereocenters. The van der Waals surface area contributed by atoms with Crippen molar-refractivity contribution in [3.8, 4) is 11.1 Å². The molecule has 0 saturated carbocycles. The van der Waals surface area contributed by atoms with Crippen LogP contribution in [0.1, 0.15) is 18.4 Å². The summed E-state index contributed by atoms with van der Waals surface area (Å²) in [6.45, 7) is 2.76. The van der Waals surface area contributed by atoms with Crippen molar-refractivity contribution >= 4 is 11.1 Å². The lowest BCUT2D eigenvalue weighted by Gasteiger charge is -2.35. The Labute approximate surface area is 162 Å². The molecule has 1 aliphatic rings. The number of nitrogens with zero attached hydrogens (tertiary/aromatic N) is 1. The SMILES string of the molecule is COOCC1CC(O)CCN1OS(=O)c1ccc(-c2ccc(C)cc2)cc1. The Morgan fingerprint density at radius 1 is 1.11 bits per heavy atom. The predicted octanol–water partition coefficient (Wildman–Crippen LogP) is 3.02. The Balaban J connectivity index is 1.65. The molecule has 1 heterocycles. The minimum absolute atomic E-state index is 0.218. The summed E-state index contributed by atoms with van der Waals surface area (Å²) < 4.78 is 18.3. The molecule has 0 aliphatic carbocycles. The zero-order valence-electron chi connectivity index (χ0n) is 15.5. The van der Waals surface area contributed by atoms with Crippen molar-refractivity contribution in [2.24, 2.45) is 0 Å². The van der Waals surface area contributed by atoms with Gasteiger partial charge in [0.05, 0.1) is 24.2 Å². The van der Waals surface area contributed by atoms with Gasteiger partial charge < -0.3 is 5.11 Å². The van der Waals surface area contributed by atoms with Crippen LogP contribution < -0.4 is 0 Å². The van der Waals surface area contributed by atoms with Gasteiger partial charge in [-0.05, 0) is 43.0 Å². The Morgan fingerprint density at radius 3 is 2.37 bits per heavy atom. The second-order valence-electron chi connectivity index (χ2n) is 6.62. The van der Waals surface area contributed by atoms with Crippen LogP contribution in [0.3, 0.4) is 0 Å². The number of benzene rings is 2. The van der Waals surface area contributed by atoms with Gasteiger partial charge in [-0.3, -0.25) is 0 Å². The molecule has 0 radical (unpaired) electrons. The van der Waals surface area contributed by atoms with Gasteiger partial charge in [-0.2, -0.15) is 9.35 Å². The maximum absolute atomic E-state index is 12.6. The highest BCUT2D eigenvalue weighted by molar-refractivity contribution is 7.80. The smallest absolute Gasteiger partial charge is 0.206 e. The van der Waals surface area contributed by atoms with Crippen molar-refractivity contribution in [2.45, 2.75) is 36.8 Å². The number of aliphatic hydroxyl groups is 1. The average Bonchev–Trinajstić information content (AvgIpc) is 2.69. The summed E-state index contributed by atoms with van der Waals surface area (Å²) in [5, 5.41) is 11.5. The third-order valence-corrected chi connectivity index (χ3v) is 5.59. The second kappa shape index (κ2) is 9.54. The molecular formula is C20H25NO5S. The summed E-state index contributed by atoms with van der Waals surface area (Å²) in [6.07, 6.45) is 0.623. The van der Waals surface area contributed by atoms with Gasteiger partial charge in [-0.15, -0.1) is 0 Å². The first-order valence-corrected chi connectivity index (χ1v) is 10.0. The van der Waals surface area contributed by atoms with E-state index >= 15 is 0 Å². The molecule has 0 spiro atoms. The molecule has 1 fully saturated rings. The highest BCUT2D eigenvalue weighted by atomic mass is 32.2. The molecule has 2 aromatic carbocycles. The van der Waals surface area contributed by atoms with Crippen LogP contribution >= 0.6 is 0 Å². The minimum Gasteiger partial charge on any atom is -0.393 e. The number of hydrogen-bond acceptors (Lipinski definition) is 6. The van der Waals surface area contributed by atoms with Crippen LogP contribution in [0.5, 0.6) is 0 Å². The van der Waals surface area contributed by atoms with Gasteiger partial charge >= 0.3 is 0 Å². The van der Waals surface area contributed by atoms with E-state index in [9.17, 15) is 9.32 Å². The van der Waals surface area contributed by atoms with E-state index in [4.69, 9.17) is 9.17 Å². The fourth-order valence-electron chi connectivity index (χ4n) is 3.04. The first-order valence-electron chi connectivity index (χ1n) is 8.94. The van der Waals surface area contributed by atoms with Crippen LogP contribution in [0, 0.1) is 6.92 Å². The van der Waals surface area contributed by atoms with Gasteiger partial charge in [0.25, 0.3) is 0 Å². The number of rotatable bonds is 7. The quantitative estimate of drug-likeness (QED) is 0.578. The van der Waals surface area contributed by atoms with Gasteiger partial charge in [0.1, 0.15) is 6.61 Å². The highest BCUT2D eigenvalue weighted by Crippen LogP contribution is 2.24. The van der Waals surface area contributed by atoms with Gasteiger partial charge in [0, 0.05) is 6.54 Å². The summed E-state index contributed by atoms with van der Waals surface area (Å²) in [6, 6.07) is 15.5. The van der Waals surface area contributed by atoms with Crippen molar-refractivity contribution in [3.63, 3.8) is 0 Å². The Morgan fingerprint density at radius 2 is 1.74 bits per heavy atom. The molecule has 0 bridgehead atoms. The van der Waals surface area contributed by atoms with E-state index < -0.39 is 17.2 Å². The van der Waals surface area contributed by atoms with Crippen LogP contribution in [0.25, 0.3) is 11.1 Å². The number of aliphatic hydroxyl groups excluding tert-OH is 1. The molecule has 3 unspecified atom stereocenters. The molecule has 1 aliphatic heterocycles. The Kier molecular flexibility index (Phi) is 7.12. The first kappa shape index (κ1) is 20.1. The lowest BCUT2D eigenvalue weighted by Crippen LogP contribution is -2.46. The summed E-state index contributed by atoms with van der Waals surface area (Å²) in [5.74, 6) is 0. The molecule has 3 rings (SSSR count). The third kappa shape index (κ3) is 5.44. The molecule has 27 heavy (non-hydrogen) atoms. The van der Waals surface area contributed by atoms with E-state index in [0.717, 1.165) is 11.1 Å². The topological polar surface area (TPSA) is 68.2 Å². The average molecular weight is 391 g/mol. The molecule has 1 N–H and O–H groups in total. The molecule has 0 aromatic heterocycles. The van der Waals surface area contributed by atoms with Crippen LogP contribution in [-0.4, -0.2) is 46.8 Å². The number of aryl methyl sites for hydroxylation is 1. The van der Waals surface area contributed by atoms with Crippen LogP contribution in [0.4, 0.5) is 0 Å². The molecule has 7 heteroatoms. The monoisotopic (exact) mass is 391 g/mol. The maximum Gasteiger partial charge on any atom is 0.206 e. The lowest BCUT2D eigenvalue weighted by atomic mass is 10.0. The normalized spacial score (nSPS) is 21.9. The van der Waals surface area contributed by atoms with E-state index in [2.05, 4.69) is 36.1 Å². The van der Waals surface area contributed by atoms with Crippen LogP contribution in [0.2, 0.25) is 0 Å². The largest absolute Gasteiger partial charge is 0.393 e. The fraction of sp³-hybridized carbons (Fsp3) is 0.400.